The van der Waals surface area contributed by atoms with Crippen LogP contribution in [0.15, 0.2) is 23.1 Å². The third kappa shape index (κ3) is 3.06. The molecule has 0 aromatic heterocycles. The van der Waals surface area contributed by atoms with E-state index in [2.05, 4.69) is 4.74 Å². The van der Waals surface area contributed by atoms with Gasteiger partial charge in [-0.1, -0.05) is 0 Å². The predicted molar refractivity (Wildman–Crippen MR) is 57.8 cm³/mol. The van der Waals surface area contributed by atoms with E-state index >= 15 is 0 Å². The third-order valence-corrected chi connectivity index (χ3v) is 2.60. The SMILES string of the molecule is COC(=O)Sc1cc(OC)ccc1OC. The molecule has 1 aromatic carbocycles. The lowest BCUT2D eigenvalue weighted by molar-refractivity contribution is 0.200. The van der Waals surface area contributed by atoms with Crippen molar-refractivity contribution in [3.05, 3.63) is 18.2 Å². The first-order valence-corrected chi connectivity index (χ1v) is 5.00. The van der Waals surface area contributed by atoms with E-state index in [0.29, 0.717) is 16.4 Å². The molecule has 0 spiro atoms. The molecule has 1 aromatic rings. The molecule has 0 fully saturated rings. The van der Waals surface area contributed by atoms with Crippen molar-refractivity contribution in [1.29, 1.82) is 0 Å². The van der Waals surface area contributed by atoms with Gasteiger partial charge in [-0.25, -0.2) is 4.79 Å². The maximum absolute atomic E-state index is 11.1. The first-order valence-electron chi connectivity index (χ1n) is 4.19. The van der Waals surface area contributed by atoms with E-state index in [4.69, 9.17) is 9.47 Å². The van der Waals surface area contributed by atoms with Crippen molar-refractivity contribution in [3.8, 4) is 11.5 Å². The molecule has 0 atom stereocenters. The molecule has 15 heavy (non-hydrogen) atoms. The van der Waals surface area contributed by atoms with Gasteiger partial charge in [0.15, 0.2) is 0 Å². The van der Waals surface area contributed by atoms with Crippen LogP contribution >= 0.6 is 11.8 Å². The van der Waals surface area contributed by atoms with Crippen molar-refractivity contribution in [2.45, 2.75) is 4.90 Å². The Kier molecular flexibility index (Phi) is 4.30. The molecule has 0 aliphatic heterocycles. The molecule has 1 rings (SSSR count). The minimum Gasteiger partial charge on any atom is -0.497 e. The van der Waals surface area contributed by atoms with Crippen LogP contribution in [0.25, 0.3) is 0 Å². The van der Waals surface area contributed by atoms with Crippen molar-refractivity contribution in [2.24, 2.45) is 0 Å². The van der Waals surface area contributed by atoms with Gasteiger partial charge in [-0.05, 0) is 30.0 Å². The minimum absolute atomic E-state index is 0.387. The molecular formula is C10H12O4S. The number of rotatable bonds is 3. The number of hydrogen-bond acceptors (Lipinski definition) is 5. The fourth-order valence-electron chi connectivity index (χ4n) is 0.995. The van der Waals surface area contributed by atoms with E-state index in [0.717, 1.165) is 11.8 Å². The molecular weight excluding hydrogens is 216 g/mol. The van der Waals surface area contributed by atoms with Gasteiger partial charge < -0.3 is 14.2 Å². The molecule has 0 saturated heterocycles. The Labute approximate surface area is 92.5 Å². The second kappa shape index (κ2) is 5.50. The van der Waals surface area contributed by atoms with Crippen molar-refractivity contribution < 1.29 is 19.0 Å². The summed E-state index contributed by atoms with van der Waals surface area (Å²) >= 11 is 0.958. The lowest BCUT2D eigenvalue weighted by Gasteiger charge is -2.08. The van der Waals surface area contributed by atoms with Crippen molar-refractivity contribution in [2.75, 3.05) is 21.3 Å². The maximum atomic E-state index is 11.1. The molecule has 0 saturated carbocycles. The maximum Gasteiger partial charge on any atom is 0.372 e. The molecule has 0 aliphatic carbocycles. The summed E-state index contributed by atoms with van der Waals surface area (Å²) in [5.41, 5.74) is 0. The van der Waals surface area contributed by atoms with Crippen LogP contribution in [0, 0.1) is 0 Å². The van der Waals surface area contributed by atoms with Crippen LogP contribution in [0.1, 0.15) is 0 Å². The highest BCUT2D eigenvalue weighted by atomic mass is 32.2. The highest BCUT2D eigenvalue weighted by Crippen LogP contribution is 2.33. The van der Waals surface area contributed by atoms with Crippen LogP contribution < -0.4 is 9.47 Å². The average Bonchev–Trinajstić information content (AvgIpc) is 2.28. The number of ether oxygens (including phenoxy) is 3. The summed E-state index contributed by atoms with van der Waals surface area (Å²) in [5.74, 6) is 1.29. The van der Waals surface area contributed by atoms with Gasteiger partial charge in [0.1, 0.15) is 11.5 Å². The smallest absolute Gasteiger partial charge is 0.372 e. The normalized spacial score (nSPS) is 9.53. The fraction of sp³-hybridized carbons (Fsp3) is 0.300. The van der Waals surface area contributed by atoms with Gasteiger partial charge >= 0.3 is 5.30 Å². The van der Waals surface area contributed by atoms with Crippen LogP contribution in [-0.2, 0) is 4.74 Å². The molecule has 0 amide bonds. The number of methoxy groups -OCH3 is 3. The monoisotopic (exact) mass is 228 g/mol. The summed E-state index contributed by atoms with van der Waals surface area (Å²) in [6.45, 7) is 0. The van der Waals surface area contributed by atoms with Crippen molar-refractivity contribution in [1.82, 2.24) is 0 Å². The molecule has 4 nitrogen and oxygen atoms in total. The lowest BCUT2D eigenvalue weighted by Crippen LogP contribution is -1.94. The van der Waals surface area contributed by atoms with Gasteiger partial charge in [-0.15, -0.1) is 0 Å². The van der Waals surface area contributed by atoms with Crippen LogP contribution in [0.2, 0.25) is 0 Å². The first kappa shape index (κ1) is 11.7. The Morgan fingerprint density at radius 2 is 1.93 bits per heavy atom. The summed E-state index contributed by atoms with van der Waals surface area (Å²) in [6, 6.07) is 5.23. The second-order valence-corrected chi connectivity index (χ2v) is 3.55. The summed E-state index contributed by atoms with van der Waals surface area (Å²) in [6.07, 6.45) is 0. The third-order valence-electron chi connectivity index (χ3n) is 1.73. The molecule has 0 N–H and O–H groups in total. The zero-order valence-electron chi connectivity index (χ0n) is 8.77. The highest BCUT2D eigenvalue weighted by molar-refractivity contribution is 8.13. The van der Waals surface area contributed by atoms with Crippen LogP contribution in [-0.4, -0.2) is 26.6 Å². The number of carbonyl (C=O) groups is 1. The summed E-state index contributed by atoms with van der Waals surface area (Å²) in [7, 11) is 4.44. The van der Waals surface area contributed by atoms with Gasteiger partial charge in [0.25, 0.3) is 0 Å². The van der Waals surface area contributed by atoms with E-state index in [-0.39, 0.29) is 5.30 Å². The zero-order chi connectivity index (χ0) is 11.3. The lowest BCUT2D eigenvalue weighted by atomic mass is 10.3. The van der Waals surface area contributed by atoms with Crippen LogP contribution in [0.3, 0.4) is 0 Å². The molecule has 82 valence electrons. The average molecular weight is 228 g/mol. The Hall–Kier alpha value is -1.36. The number of benzene rings is 1. The van der Waals surface area contributed by atoms with Gasteiger partial charge in [-0.2, -0.15) is 0 Å². The summed E-state index contributed by atoms with van der Waals surface area (Å²) in [4.78, 5) is 11.8. The Bertz CT molecular complexity index is 351. The number of carbonyl (C=O) groups excluding carboxylic acids is 1. The Balaban J connectivity index is 2.95. The Morgan fingerprint density at radius 3 is 2.47 bits per heavy atom. The fourth-order valence-corrected chi connectivity index (χ4v) is 1.69. The Morgan fingerprint density at radius 1 is 1.20 bits per heavy atom. The van der Waals surface area contributed by atoms with Gasteiger partial charge in [-0.3, -0.25) is 0 Å². The van der Waals surface area contributed by atoms with E-state index in [1.807, 2.05) is 0 Å². The molecule has 0 heterocycles. The van der Waals surface area contributed by atoms with Gasteiger partial charge in [0, 0.05) is 0 Å². The highest BCUT2D eigenvalue weighted by Gasteiger charge is 2.10. The molecule has 0 bridgehead atoms. The van der Waals surface area contributed by atoms with Gasteiger partial charge in [0.2, 0.25) is 0 Å². The van der Waals surface area contributed by atoms with Crippen LogP contribution in [0.5, 0.6) is 11.5 Å². The molecule has 0 unspecified atom stereocenters. The van der Waals surface area contributed by atoms with E-state index < -0.39 is 0 Å². The zero-order valence-corrected chi connectivity index (χ0v) is 9.59. The van der Waals surface area contributed by atoms with E-state index in [1.165, 1.54) is 7.11 Å². The largest absolute Gasteiger partial charge is 0.497 e. The minimum atomic E-state index is -0.387. The molecule has 5 heteroatoms. The van der Waals surface area contributed by atoms with Gasteiger partial charge in [0.05, 0.1) is 26.2 Å². The summed E-state index contributed by atoms with van der Waals surface area (Å²) in [5, 5.41) is -0.387. The number of hydrogen-bond donors (Lipinski definition) is 0. The second-order valence-electron chi connectivity index (χ2n) is 2.57. The molecule has 0 aliphatic rings. The van der Waals surface area contributed by atoms with E-state index in [1.54, 1.807) is 32.4 Å². The first-order chi connectivity index (χ1) is 7.21. The molecule has 0 radical (unpaired) electrons. The quantitative estimate of drug-likeness (QED) is 0.587. The topological polar surface area (TPSA) is 44.8 Å². The summed E-state index contributed by atoms with van der Waals surface area (Å²) < 4.78 is 14.7. The number of thioether (sulfide) groups is 1. The van der Waals surface area contributed by atoms with E-state index in [9.17, 15) is 4.79 Å². The standard InChI is InChI=1S/C10H12O4S/c1-12-7-4-5-8(13-2)9(6-7)15-10(11)14-3/h4-6H,1-3H3. The predicted octanol–water partition coefficient (Wildman–Crippen LogP) is 2.56. The van der Waals surface area contributed by atoms with Crippen molar-refractivity contribution in [3.63, 3.8) is 0 Å². The van der Waals surface area contributed by atoms with Crippen LogP contribution in [0.4, 0.5) is 4.79 Å². The van der Waals surface area contributed by atoms with Crippen molar-refractivity contribution >= 4 is 17.1 Å².